The molecule has 1 aromatic heterocycles. The summed E-state index contributed by atoms with van der Waals surface area (Å²) < 4.78 is 0. The molecule has 0 radical (unpaired) electrons. The van der Waals surface area contributed by atoms with Crippen LogP contribution in [0.25, 0.3) is 10.9 Å². The number of hydrogen-bond acceptors (Lipinski definition) is 2. The van der Waals surface area contributed by atoms with Gasteiger partial charge in [0.25, 0.3) is 0 Å². The third-order valence-electron chi connectivity index (χ3n) is 4.13. The average Bonchev–Trinajstić information content (AvgIpc) is 2.52. The van der Waals surface area contributed by atoms with Gasteiger partial charge in [-0.15, -0.1) is 0 Å². The SMILES string of the molecule is CC1CCCN(C(N)=NCc2ccnc3ccccc23)C1. The quantitative estimate of drug-likeness (QED) is 0.680. The summed E-state index contributed by atoms with van der Waals surface area (Å²) in [6.45, 7) is 4.93. The number of aromatic nitrogens is 1. The maximum Gasteiger partial charge on any atom is 0.191 e. The molecule has 2 N–H and O–H groups in total. The third-order valence-corrected chi connectivity index (χ3v) is 4.13. The van der Waals surface area contributed by atoms with E-state index in [0.717, 1.165) is 24.0 Å². The summed E-state index contributed by atoms with van der Waals surface area (Å²) in [6.07, 6.45) is 4.33. The first kappa shape index (κ1) is 13.9. The van der Waals surface area contributed by atoms with Crippen molar-refractivity contribution < 1.29 is 0 Å². The number of aliphatic imine (C=N–C) groups is 1. The average molecular weight is 282 g/mol. The van der Waals surface area contributed by atoms with Crippen LogP contribution in [0.3, 0.4) is 0 Å². The van der Waals surface area contributed by atoms with Gasteiger partial charge in [-0.25, -0.2) is 4.99 Å². The van der Waals surface area contributed by atoms with Crippen LogP contribution in [0.4, 0.5) is 0 Å². The highest BCUT2D eigenvalue weighted by Gasteiger charge is 2.17. The van der Waals surface area contributed by atoms with Crippen molar-refractivity contribution in [3.63, 3.8) is 0 Å². The van der Waals surface area contributed by atoms with E-state index in [2.05, 4.69) is 27.9 Å². The first-order valence-electron chi connectivity index (χ1n) is 7.61. The zero-order valence-electron chi connectivity index (χ0n) is 12.5. The zero-order valence-corrected chi connectivity index (χ0v) is 12.5. The Labute approximate surface area is 125 Å². The fourth-order valence-electron chi connectivity index (χ4n) is 2.96. The molecule has 0 bridgehead atoms. The van der Waals surface area contributed by atoms with Crippen LogP contribution < -0.4 is 5.73 Å². The van der Waals surface area contributed by atoms with Crippen LogP contribution in [0, 0.1) is 5.92 Å². The second-order valence-corrected chi connectivity index (χ2v) is 5.86. The topological polar surface area (TPSA) is 54.5 Å². The number of piperidine rings is 1. The molecule has 0 amide bonds. The Morgan fingerprint density at radius 2 is 2.24 bits per heavy atom. The molecular formula is C17H22N4. The van der Waals surface area contributed by atoms with E-state index in [1.165, 1.54) is 18.4 Å². The lowest BCUT2D eigenvalue weighted by molar-refractivity contribution is 0.270. The maximum absolute atomic E-state index is 6.16. The van der Waals surface area contributed by atoms with Crippen LogP contribution in [0.1, 0.15) is 25.3 Å². The van der Waals surface area contributed by atoms with Gasteiger partial charge in [-0.3, -0.25) is 4.98 Å². The van der Waals surface area contributed by atoms with Crippen LogP contribution >= 0.6 is 0 Å². The van der Waals surface area contributed by atoms with Crippen molar-refractivity contribution in [2.45, 2.75) is 26.3 Å². The van der Waals surface area contributed by atoms with E-state index in [-0.39, 0.29) is 0 Å². The molecule has 1 unspecified atom stereocenters. The Morgan fingerprint density at radius 3 is 3.10 bits per heavy atom. The Kier molecular flexibility index (Phi) is 4.04. The van der Waals surface area contributed by atoms with Crippen LogP contribution in [0.5, 0.6) is 0 Å². The van der Waals surface area contributed by atoms with Crippen molar-refractivity contribution in [1.29, 1.82) is 0 Å². The highest BCUT2D eigenvalue weighted by atomic mass is 15.3. The molecule has 3 rings (SSSR count). The summed E-state index contributed by atoms with van der Waals surface area (Å²) in [6, 6.07) is 10.2. The highest BCUT2D eigenvalue weighted by Crippen LogP contribution is 2.18. The van der Waals surface area contributed by atoms with Crippen LogP contribution in [0.2, 0.25) is 0 Å². The molecule has 4 heteroatoms. The van der Waals surface area contributed by atoms with Crippen molar-refractivity contribution in [3.8, 4) is 0 Å². The molecule has 1 atom stereocenters. The summed E-state index contributed by atoms with van der Waals surface area (Å²) in [5, 5.41) is 1.16. The first-order valence-corrected chi connectivity index (χ1v) is 7.61. The number of likely N-dealkylation sites (tertiary alicyclic amines) is 1. The van der Waals surface area contributed by atoms with Gasteiger partial charge in [0, 0.05) is 24.7 Å². The number of fused-ring (bicyclic) bond motifs is 1. The Bertz CT molecular complexity index is 645. The number of nitrogens with two attached hydrogens (primary N) is 1. The molecule has 0 saturated carbocycles. The maximum atomic E-state index is 6.16. The van der Waals surface area contributed by atoms with Crippen molar-refractivity contribution in [1.82, 2.24) is 9.88 Å². The fraction of sp³-hybridized carbons (Fsp3) is 0.412. The molecule has 110 valence electrons. The predicted molar refractivity (Wildman–Crippen MR) is 87.0 cm³/mol. The van der Waals surface area contributed by atoms with Gasteiger partial charge in [0.2, 0.25) is 0 Å². The Hall–Kier alpha value is -2.10. The normalized spacial score (nSPS) is 20.0. The molecule has 0 spiro atoms. The minimum absolute atomic E-state index is 0.611. The molecule has 1 aliphatic rings. The molecule has 4 nitrogen and oxygen atoms in total. The lowest BCUT2D eigenvalue weighted by atomic mass is 10.0. The first-order chi connectivity index (χ1) is 10.2. The Morgan fingerprint density at radius 1 is 1.38 bits per heavy atom. The van der Waals surface area contributed by atoms with Gasteiger partial charge >= 0.3 is 0 Å². The van der Waals surface area contributed by atoms with Gasteiger partial charge in [-0.1, -0.05) is 25.1 Å². The second kappa shape index (κ2) is 6.12. The van der Waals surface area contributed by atoms with Gasteiger partial charge in [-0.05, 0) is 36.5 Å². The number of hydrogen-bond donors (Lipinski definition) is 1. The van der Waals surface area contributed by atoms with E-state index >= 15 is 0 Å². The predicted octanol–water partition coefficient (Wildman–Crippen LogP) is 2.78. The Balaban J connectivity index is 1.77. The van der Waals surface area contributed by atoms with Crippen LogP contribution in [-0.2, 0) is 6.54 Å². The molecular weight excluding hydrogens is 260 g/mol. The molecule has 0 aliphatic carbocycles. The van der Waals surface area contributed by atoms with E-state index in [0.29, 0.717) is 18.4 Å². The summed E-state index contributed by atoms with van der Waals surface area (Å²) in [4.78, 5) is 11.2. The number of guanidine groups is 1. The smallest absolute Gasteiger partial charge is 0.191 e. The lowest BCUT2D eigenvalue weighted by Gasteiger charge is -2.31. The van der Waals surface area contributed by atoms with Crippen molar-refractivity contribution in [2.24, 2.45) is 16.6 Å². The van der Waals surface area contributed by atoms with Gasteiger partial charge in [0.05, 0.1) is 12.1 Å². The number of rotatable bonds is 2. The summed E-state index contributed by atoms with van der Waals surface area (Å²) in [5.41, 5.74) is 8.35. The molecule has 1 saturated heterocycles. The largest absolute Gasteiger partial charge is 0.370 e. The zero-order chi connectivity index (χ0) is 14.7. The number of nitrogens with zero attached hydrogens (tertiary/aromatic N) is 3. The molecule has 1 fully saturated rings. The van der Waals surface area contributed by atoms with E-state index in [9.17, 15) is 0 Å². The van der Waals surface area contributed by atoms with Crippen molar-refractivity contribution in [3.05, 3.63) is 42.1 Å². The number of pyridine rings is 1. The van der Waals surface area contributed by atoms with E-state index in [1.807, 2.05) is 30.5 Å². The van der Waals surface area contributed by atoms with E-state index in [1.54, 1.807) is 0 Å². The van der Waals surface area contributed by atoms with Crippen molar-refractivity contribution >= 4 is 16.9 Å². The fourth-order valence-corrected chi connectivity index (χ4v) is 2.96. The molecule has 2 aromatic rings. The molecule has 2 heterocycles. The minimum atomic E-state index is 0.611. The van der Waals surface area contributed by atoms with Gasteiger partial charge < -0.3 is 10.6 Å². The lowest BCUT2D eigenvalue weighted by Crippen LogP contribution is -2.43. The van der Waals surface area contributed by atoms with Crippen LogP contribution in [-0.4, -0.2) is 28.9 Å². The number of para-hydroxylation sites is 1. The highest BCUT2D eigenvalue weighted by molar-refractivity contribution is 5.82. The van der Waals surface area contributed by atoms with E-state index < -0.39 is 0 Å². The minimum Gasteiger partial charge on any atom is -0.370 e. The van der Waals surface area contributed by atoms with Gasteiger partial charge in [-0.2, -0.15) is 0 Å². The molecule has 21 heavy (non-hydrogen) atoms. The standard InChI is InChI=1S/C17H22N4/c1-13-5-4-10-21(12-13)17(18)20-11-14-8-9-19-16-7-3-2-6-15(14)16/h2-3,6-9,13H,4-5,10-12H2,1H3,(H2,18,20). The summed E-state index contributed by atoms with van der Waals surface area (Å²) in [7, 11) is 0. The van der Waals surface area contributed by atoms with Gasteiger partial charge in [0.15, 0.2) is 5.96 Å². The summed E-state index contributed by atoms with van der Waals surface area (Å²) >= 11 is 0. The summed E-state index contributed by atoms with van der Waals surface area (Å²) in [5.74, 6) is 1.37. The van der Waals surface area contributed by atoms with Crippen molar-refractivity contribution in [2.75, 3.05) is 13.1 Å². The number of benzene rings is 1. The molecule has 1 aromatic carbocycles. The second-order valence-electron chi connectivity index (χ2n) is 5.86. The monoisotopic (exact) mass is 282 g/mol. The third kappa shape index (κ3) is 3.15. The van der Waals surface area contributed by atoms with E-state index in [4.69, 9.17) is 5.73 Å². The molecule has 1 aliphatic heterocycles. The van der Waals surface area contributed by atoms with Gasteiger partial charge in [0.1, 0.15) is 0 Å². The van der Waals surface area contributed by atoms with Crippen LogP contribution in [0.15, 0.2) is 41.5 Å².